The summed E-state index contributed by atoms with van der Waals surface area (Å²) in [5.74, 6) is -2.77. The number of carbonyl (C=O) groups excluding carboxylic acids is 5. The molecule has 188 valence electrons. The number of morpholine rings is 1. The minimum absolute atomic E-state index is 0.371. The summed E-state index contributed by atoms with van der Waals surface area (Å²) in [4.78, 5) is 64.6. The van der Waals surface area contributed by atoms with Gasteiger partial charge in [0.2, 0.25) is 11.8 Å². The lowest BCUT2D eigenvalue weighted by atomic mass is 10.00. The first-order valence-corrected chi connectivity index (χ1v) is 11.3. The van der Waals surface area contributed by atoms with Crippen LogP contribution >= 0.6 is 0 Å². The molecule has 0 bridgehead atoms. The van der Waals surface area contributed by atoms with Gasteiger partial charge >= 0.3 is 6.03 Å². The Labute approximate surface area is 203 Å². The Morgan fingerprint density at radius 1 is 1.06 bits per heavy atom. The predicted molar refractivity (Wildman–Crippen MR) is 124 cm³/mol. The van der Waals surface area contributed by atoms with Crippen LogP contribution in [0.2, 0.25) is 0 Å². The fraction of sp³-hybridized carbons (Fsp3) is 0.435. The highest BCUT2D eigenvalue weighted by atomic mass is 16.5. The first-order valence-electron chi connectivity index (χ1n) is 11.3. The summed E-state index contributed by atoms with van der Waals surface area (Å²) in [6.07, 6.45) is 2.78. The molecule has 3 rings (SSSR count). The number of fused-ring (bicyclic) bond motifs is 1. The fourth-order valence-corrected chi connectivity index (χ4v) is 3.69. The highest BCUT2D eigenvalue weighted by Crippen LogP contribution is 2.18. The number of nitrogens with two attached hydrogens (primary N) is 1. The highest BCUT2D eigenvalue weighted by molar-refractivity contribution is 5.99. The van der Waals surface area contributed by atoms with Gasteiger partial charge in [0.1, 0.15) is 12.6 Å². The first-order chi connectivity index (χ1) is 16.7. The lowest BCUT2D eigenvalue weighted by molar-refractivity contribution is -0.141. The molecule has 1 aromatic rings. The Hall–Kier alpha value is -3.93. The van der Waals surface area contributed by atoms with Gasteiger partial charge in [0.15, 0.2) is 0 Å². The van der Waals surface area contributed by atoms with E-state index in [-0.39, 0.29) is 5.91 Å². The summed E-state index contributed by atoms with van der Waals surface area (Å²) < 4.78 is 5.19. The molecule has 0 unspecified atom stereocenters. The minimum atomic E-state index is -1.01. The van der Waals surface area contributed by atoms with Crippen LogP contribution < -0.4 is 16.5 Å². The topological polar surface area (TPSA) is 154 Å². The van der Waals surface area contributed by atoms with Crippen molar-refractivity contribution in [2.24, 2.45) is 5.73 Å². The van der Waals surface area contributed by atoms with Crippen LogP contribution in [0.4, 0.5) is 4.79 Å². The van der Waals surface area contributed by atoms with E-state index in [2.05, 4.69) is 10.7 Å². The maximum Gasteiger partial charge on any atom is 0.318 e. The number of hydrogen-bond acceptors (Lipinski definition) is 6. The van der Waals surface area contributed by atoms with Gasteiger partial charge in [0.25, 0.3) is 11.8 Å². The molecular weight excluding hydrogens is 456 g/mol. The Morgan fingerprint density at radius 3 is 2.43 bits per heavy atom. The van der Waals surface area contributed by atoms with Crippen molar-refractivity contribution in [3.8, 4) is 0 Å². The molecular formula is C23H30N6O6. The van der Waals surface area contributed by atoms with E-state index in [1.807, 2.05) is 24.3 Å². The second kappa shape index (κ2) is 12.0. The normalized spacial score (nSPS) is 16.3. The molecule has 12 nitrogen and oxygen atoms in total. The minimum Gasteiger partial charge on any atom is -0.378 e. The van der Waals surface area contributed by atoms with Gasteiger partial charge in [-0.25, -0.2) is 9.80 Å². The standard InChI is InChI=1S/C23H30N6O6/c1-16(25-23(34)27-10-12-35-13-11-27)22(33)26-29(15-19(24)30)21(32)7-6-20(31)28-9-8-17-4-2-3-5-18(17)14-28/h2-7,16H,8-15H2,1H3,(H2,24,30)(H,25,34)(H,26,33)/b7-6+/t16-/m0/s1. The van der Waals surface area contributed by atoms with E-state index in [1.54, 1.807) is 4.90 Å². The summed E-state index contributed by atoms with van der Waals surface area (Å²) in [6.45, 7) is 3.38. The lowest BCUT2D eigenvalue weighted by Crippen LogP contribution is -2.57. The second-order valence-electron chi connectivity index (χ2n) is 8.25. The van der Waals surface area contributed by atoms with Gasteiger partial charge in [-0.3, -0.25) is 24.6 Å². The number of primary amides is 1. The third-order valence-corrected chi connectivity index (χ3v) is 5.67. The quantitative estimate of drug-likeness (QED) is 0.343. The monoisotopic (exact) mass is 486 g/mol. The van der Waals surface area contributed by atoms with Crippen molar-refractivity contribution in [3.05, 3.63) is 47.5 Å². The molecule has 0 aromatic heterocycles. The Balaban J connectivity index is 1.56. The summed E-state index contributed by atoms with van der Waals surface area (Å²) in [5, 5.41) is 3.24. The van der Waals surface area contributed by atoms with Gasteiger partial charge in [-0.15, -0.1) is 0 Å². The van der Waals surface area contributed by atoms with Crippen molar-refractivity contribution in [1.82, 2.24) is 25.6 Å². The smallest absolute Gasteiger partial charge is 0.318 e. The van der Waals surface area contributed by atoms with Crippen LogP contribution in [-0.4, -0.2) is 89.9 Å². The first kappa shape index (κ1) is 25.7. The van der Waals surface area contributed by atoms with E-state index in [0.717, 1.165) is 17.7 Å². The largest absolute Gasteiger partial charge is 0.378 e. The average Bonchev–Trinajstić information content (AvgIpc) is 2.86. The molecule has 0 radical (unpaired) electrons. The van der Waals surface area contributed by atoms with Crippen LogP contribution in [0.15, 0.2) is 36.4 Å². The van der Waals surface area contributed by atoms with Crippen LogP contribution in [0.1, 0.15) is 18.1 Å². The zero-order valence-corrected chi connectivity index (χ0v) is 19.6. The molecule has 6 amide bonds. The summed E-state index contributed by atoms with van der Waals surface area (Å²) in [6, 6.07) is 6.37. The van der Waals surface area contributed by atoms with Gasteiger partial charge in [-0.05, 0) is 24.5 Å². The molecule has 1 atom stereocenters. The Morgan fingerprint density at radius 2 is 1.74 bits per heavy atom. The number of carbonyl (C=O) groups is 5. The summed E-state index contributed by atoms with van der Waals surface area (Å²) in [5.41, 5.74) is 9.72. The Kier molecular flexibility index (Phi) is 8.79. The van der Waals surface area contributed by atoms with Gasteiger partial charge in [-0.1, -0.05) is 24.3 Å². The number of hydrazine groups is 1. The number of rotatable bonds is 6. The van der Waals surface area contributed by atoms with E-state index in [0.29, 0.717) is 50.8 Å². The molecule has 12 heteroatoms. The highest BCUT2D eigenvalue weighted by Gasteiger charge is 2.25. The lowest BCUT2D eigenvalue weighted by Gasteiger charge is -2.29. The van der Waals surface area contributed by atoms with E-state index in [1.165, 1.54) is 17.4 Å². The number of hydrogen-bond donors (Lipinski definition) is 3. The predicted octanol–water partition coefficient (Wildman–Crippen LogP) is -1.10. The van der Waals surface area contributed by atoms with Gasteiger partial charge < -0.3 is 25.6 Å². The van der Waals surface area contributed by atoms with Crippen molar-refractivity contribution in [1.29, 1.82) is 0 Å². The van der Waals surface area contributed by atoms with E-state index in [4.69, 9.17) is 10.5 Å². The van der Waals surface area contributed by atoms with Gasteiger partial charge in [-0.2, -0.15) is 0 Å². The van der Waals surface area contributed by atoms with Gasteiger partial charge in [0.05, 0.1) is 13.2 Å². The molecule has 2 heterocycles. The average molecular weight is 487 g/mol. The molecule has 35 heavy (non-hydrogen) atoms. The molecule has 0 spiro atoms. The number of nitrogens with zero attached hydrogens (tertiary/aromatic N) is 3. The van der Waals surface area contributed by atoms with Crippen molar-refractivity contribution in [2.45, 2.75) is 25.9 Å². The maximum absolute atomic E-state index is 12.6. The molecule has 2 aliphatic heterocycles. The number of urea groups is 1. The molecule has 1 fully saturated rings. The fourth-order valence-electron chi connectivity index (χ4n) is 3.69. The number of nitrogens with one attached hydrogen (secondary N) is 2. The number of benzene rings is 1. The summed E-state index contributed by atoms with van der Waals surface area (Å²) in [7, 11) is 0. The van der Waals surface area contributed by atoms with E-state index >= 15 is 0 Å². The van der Waals surface area contributed by atoms with Crippen LogP contribution in [-0.2, 0) is 36.9 Å². The van der Waals surface area contributed by atoms with E-state index < -0.39 is 36.3 Å². The number of amides is 6. The van der Waals surface area contributed by atoms with Crippen molar-refractivity contribution in [2.75, 3.05) is 39.4 Å². The Bertz CT molecular complexity index is 1010. The van der Waals surface area contributed by atoms with E-state index in [9.17, 15) is 24.0 Å². The zero-order valence-electron chi connectivity index (χ0n) is 19.6. The molecule has 2 aliphatic rings. The molecule has 1 saturated heterocycles. The van der Waals surface area contributed by atoms with Crippen molar-refractivity contribution < 1.29 is 28.7 Å². The molecule has 0 aliphatic carbocycles. The van der Waals surface area contributed by atoms with Crippen LogP contribution in [0, 0.1) is 0 Å². The third kappa shape index (κ3) is 7.27. The zero-order chi connectivity index (χ0) is 25.4. The van der Waals surface area contributed by atoms with Gasteiger partial charge in [0, 0.05) is 38.3 Å². The SMILES string of the molecule is C[C@H](NC(=O)N1CCOCC1)C(=O)NN(CC(N)=O)C(=O)/C=C/C(=O)N1CCc2ccccc2C1. The molecule has 1 aromatic carbocycles. The van der Waals surface area contributed by atoms with Crippen LogP contribution in [0.5, 0.6) is 0 Å². The second-order valence-corrected chi connectivity index (χ2v) is 8.25. The summed E-state index contributed by atoms with van der Waals surface area (Å²) >= 11 is 0. The maximum atomic E-state index is 12.6. The van der Waals surface area contributed by atoms with Crippen molar-refractivity contribution in [3.63, 3.8) is 0 Å². The van der Waals surface area contributed by atoms with Crippen molar-refractivity contribution >= 4 is 29.7 Å². The number of ether oxygens (including phenoxy) is 1. The molecule has 0 saturated carbocycles. The van der Waals surface area contributed by atoms with Crippen LogP contribution in [0.3, 0.4) is 0 Å². The third-order valence-electron chi connectivity index (χ3n) is 5.67. The van der Waals surface area contributed by atoms with Crippen LogP contribution in [0.25, 0.3) is 0 Å². The molecule has 4 N–H and O–H groups in total.